The summed E-state index contributed by atoms with van der Waals surface area (Å²) in [6, 6.07) is 5.03. The van der Waals surface area contributed by atoms with Gasteiger partial charge in [0.25, 0.3) is 5.91 Å². The quantitative estimate of drug-likeness (QED) is 0.862. The summed E-state index contributed by atoms with van der Waals surface area (Å²) >= 11 is 3.43. The van der Waals surface area contributed by atoms with Crippen LogP contribution in [0.3, 0.4) is 0 Å². The lowest BCUT2D eigenvalue weighted by atomic mass is 10.1. The highest BCUT2D eigenvalue weighted by atomic mass is 79.9. The summed E-state index contributed by atoms with van der Waals surface area (Å²) in [7, 11) is 0. The number of carbonyl (C=O) groups is 1. The Bertz CT molecular complexity index is 457. The Morgan fingerprint density at radius 3 is 2.58 bits per heavy atom. The highest BCUT2D eigenvalue weighted by molar-refractivity contribution is 9.09. The van der Waals surface area contributed by atoms with Crippen LogP contribution in [0, 0.1) is 6.92 Å². The first-order chi connectivity index (χ1) is 9.11. The van der Waals surface area contributed by atoms with Crippen molar-refractivity contribution in [2.24, 2.45) is 0 Å². The summed E-state index contributed by atoms with van der Waals surface area (Å²) in [4.78, 5) is 16.6. The van der Waals surface area contributed by atoms with Gasteiger partial charge in [-0.15, -0.1) is 0 Å². The SMILES string of the molecule is Cc1cc(C(=O)N2CCN(CCBr)CC2)ccc1O. The van der Waals surface area contributed by atoms with Crippen molar-refractivity contribution < 1.29 is 9.90 Å². The first-order valence-corrected chi connectivity index (χ1v) is 7.61. The molecule has 0 saturated carbocycles. The van der Waals surface area contributed by atoms with Gasteiger partial charge in [0.1, 0.15) is 5.75 Å². The van der Waals surface area contributed by atoms with Gasteiger partial charge in [0.2, 0.25) is 0 Å². The lowest BCUT2D eigenvalue weighted by molar-refractivity contribution is 0.0645. The second-order valence-corrected chi connectivity index (χ2v) is 5.62. The number of piperazine rings is 1. The van der Waals surface area contributed by atoms with Gasteiger partial charge >= 0.3 is 0 Å². The third-order valence-corrected chi connectivity index (χ3v) is 3.86. The molecule has 1 heterocycles. The molecule has 1 amide bonds. The van der Waals surface area contributed by atoms with Crippen LogP contribution >= 0.6 is 15.9 Å². The fourth-order valence-corrected chi connectivity index (χ4v) is 2.77. The highest BCUT2D eigenvalue weighted by Crippen LogP contribution is 2.18. The van der Waals surface area contributed by atoms with Gasteiger partial charge in [-0.1, -0.05) is 15.9 Å². The van der Waals surface area contributed by atoms with Crippen molar-refractivity contribution in [3.8, 4) is 5.75 Å². The first kappa shape index (κ1) is 14.3. The van der Waals surface area contributed by atoms with Crippen molar-refractivity contribution in [1.82, 2.24) is 9.80 Å². The number of rotatable bonds is 3. The Morgan fingerprint density at radius 2 is 2.00 bits per heavy atom. The van der Waals surface area contributed by atoms with Crippen molar-refractivity contribution in [1.29, 1.82) is 0 Å². The molecule has 1 N–H and O–H groups in total. The summed E-state index contributed by atoms with van der Waals surface area (Å²) in [6.07, 6.45) is 0. The largest absolute Gasteiger partial charge is 0.508 e. The maximum atomic E-state index is 12.3. The zero-order chi connectivity index (χ0) is 13.8. The zero-order valence-electron chi connectivity index (χ0n) is 11.1. The number of hydrogen-bond donors (Lipinski definition) is 1. The van der Waals surface area contributed by atoms with E-state index < -0.39 is 0 Å². The molecule has 1 aliphatic heterocycles. The molecule has 4 nitrogen and oxygen atoms in total. The molecule has 1 fully saturated rings. The highest BCUT2D eigenvalue weighted by Gasteiger charge is 2.21. The van der Waals surface area contributed by atoms with Crippen LogP contribution in [0.2, 0.25) is 0 Å². The lowest BCUT2D eigenvalue weighted by Gasteiger charge is -2.34. The Kier molecular flexibility index (Phi) is 4.82. The van der Waals surface area contributed by atoms with E-state index in [0.717, 1.165) is 43.6 Å². The molecular formula is C14H19BrN2O2. The summed E-state index contributed by atoms with van der Waals surface area (Å²) in [5.74, 6) is 0.292. The van der Waals surface area contributed by atoms with Gasteiger partial charge in [0.05, 0.1) is 0 Å². The van der Waals surface area contributed by atoms with E-state index in [4.69, 9.17) is 0 Å². The van der Waals surface area contributed by atoms with Crippen LogP contribution in [-0.4, -0.2) is 58.9 Å². The minimum Gasteiger partial charge on any atom is -0.508 e. The summed E-state index contributed by atoms with van der Waals surface area (Å²) in [5, 5.41) is 10.5. The third-order valence-electron chi connectivity index (χ3n) is 3.50. The smallest absolute Gasteiger partial charge is 0.253 e. The van der Waals surface area contributed by atoms with Gasteiger partial charge in [-0.2, -0.15) is 0 Å². The molecule has 0 spiro atoms. The maximum Gasteiger partial charge on any atom is 0.253 e. The predicted octanol–water partition coefficient (Wildman–Crippen LogP) is 1.85. The molecule has 0 unspecified atom stereocenters. The fourth-order valence-electron chi connectivity index (χ4n) is 2.27. The van der Waals surface area contributed by atoms with E-state index in [0.29, 0.717) is 5.56 Å². The molecule has 5 heteroatoms. The predicted molar refractivity (Wildman–Crippen MR) is 79.0 cm³/mol. The minimum absolute atomic E-state index is 0.0570. The molecule has 0 aromatic heterocycles. The second-order valence-electron chi connectivity index (χ2n) is 4.82. The fraction of sp³-hybridized carbons (Fsp3) is 0.500. The van der Waals surface area contributed by atoms with Gasteiger partial charge in [-0.25, -0.2) is 0 Å². The number of hydrogen-bond acceptors (Lipinski definition) is 3. The van der Waals surface area contributed by atoms with Gasteiger partial charge in [0.15, 0.2) is 0 Å². The molecule has 104 valence electrons. The molecule has 1 aromatic carbocycles. The van der Waals surface area contributed by atoms with E-state index in [2.05, 4.69) is 20.8 Å². The number of aromatic hydroxyl groups is 1. The number of halogens is 1. The van der Waals surface area contributed by atoms with E-state index in [1.54, 1.807) is 25.1 Å². The van der Waals surface area contributed by atoms with Crippen LogP contribution in [0.15, 0.2) is 18.2 Å². The van der Waals surface area contributed by atoms with Crippen LogP contribution in [0.5, 0.6) is 5.75 Å². The molecule has 0 aliphatic carbocycles. The minimum atomic E-state index is 0.0570. The van der Waals surface area contributed by atoms with Crippen molar-refractivity contribution in [3.63, 3.8) is 0 Å². The Hall–Kier alpha value is -1.07. The number of phenolic OH excluding ortho intramolecular Hbond substituents is 1. The van der Waals surface area contributed by atoms with Gasteiger partial charge in [-0.3, -0.25) is 9.69 Å². The number of phenols is 1. The first-order valence-electron chi connectivity index (χ1n) is 6.49. The molecule has 0 radical (unpaired) electrons. The molecule has 1 saturated heterocycles. The molecular weight excluding hydrogens is 308 g/mol. The summed E-state index contributed by atoms with van der Waals surface area (Å²) in [6.45, 7) is 6.22. The molecule has 0 bridgehead atoms. The number of alkyl halides is 1. The van der Waals surface area contributed by atoms with Crippen molar-refractivity contribution >= 4 is 21.8 Å². The number of benzene rings is 1. The standard InChI is InChI=1S/C14H19BrN2O2/c1-11-10-12(2-3-13(11)18)14(19)17-8-6-16(5-4-15)7-9-17/h2-3,10,18H,4-9H2,1H3. The zero-order valence-corrected chi connectivity index (χ0v) is 12.7. The van der Waals surface area contributed by atoms with E-state index >= 15 is 0 Å². The maximum absolute atomic E-state index is 12.3. The Morgan fingerprint density at radius 1 is 1.32 bits per heavy atom. The normalized spacial score (nSPS) is 16.6. The third kappa shape index (κ3) is 3.48. The van der Waals surface area contributed by atoms with Crippen molar-refractivity contribution in [2.45, 2.75) is 6.92 Å². The van der Waals surface area contributed by atoms with E-state index in [-0.39, 0.29) is 11.7 Å². The van der Waals surface area contributed by atoms with E-state index in [1.165, 1.54) is 0 Å². The molecule has 0 atom stereocenters. The van der Waals surface area contributed by atoms with Gasteiger partial charge in [0, 0.05) is 43.6 Å². The van der Waals surface area contributed by atoms with Crippen molar-refractivity contribution in [2.75, 3.05) is 38.1 Å². The molecule has 19 heavy (non-hydrogen) atoms. The van der Waals surface area contributed by atoms with Crippen molar-refractivity contribution in [3.05, 3.63) is 29.3 Å². The average Bonchev–Trinajstić information content (AvgIpc) is 2.42. The Balaban J connectivity index is 1.99. The molecule has 1 aromatic rings. The summed E-state index contributed by atoms with van der Waals surface area (Å²) in [5.41, 5.74) is 1.40. The van der Waals surface area contributed by atoms with Crippen LogP contribution in [-0.2, 0) is 0 Å². The Labute approximate surface area is 122 Å². The molecule has 1 aliphatic rings. The van der Waals surface area contributed by atoms with Crippen LogP contribution in [0.4, 0.5) is 0 Å². The number of aryl methyl sites for hydroxylation is 1. The lowest BCUT2D eigenvalue weighted by Crippen LogP contribution is -2.49. The van der Waals surface area contributed by atoms with Crippen LogP contribution in [0.25, 0.3) is 0 Å². The monoisotopic (exact) mass is 326 g/mol. The van der Waals surface area contributed by atoms with E-state index in [1.807, 2.05) is 4.90 Å². The topological polar surface area (TPSA) is 43.8 Å². The van der Waals surface area contributed by atoms with Crippen LogP contribution in [0.1, 0.15) is 15.9 Å². The van der Waals surface area contributed by atoms with E-state index in [9.17, 15) is 9.90 Å². The average molecular weight is 327 g/mol. The van der Waals surface area contributed by atoms with Crippen LogP contribution < -0.4 is 0 Å². The second kappa shape index (κ2) is 6.39. The van der Waals surface area contributed by atoms with Gasteiger partial charge in [-0.05, 0) is 30.7 Å². The number of amides is 1. The number of carbonyl (C=O) groups excluding carboxylic acids is 1. The molecule has 2 rings (SSSR count). The number of nitrogens with zero attached hydrogens (tertiary/aromatic N) is 2. The van der Waals surface area contributed by atoms with Gasteiger partial charge < -0.3 is 10.0 Å². The summed E-state index contributed by atoms with van der Waals surface area (Å²) < 4.78 is 0.